The van der Waals surface area contributed by atoms with E-state index in [9.17, 15) is 17.4 Å². The third kappa shape index (κ3) is 4.04. The number of aromatic nitrogens is 3. The van der Waals surface area contributed by atoms with E-state index in [-0.39, 0.29) is 6.54 Å². The van der Waals surface area contributed by atoms with Crippen LogP contribution in [0.3, 0.4) is 0 Å². The van der Waals surface area contributed by atoms with Gasteiger partial charge in [-0.15, -0.1) is 0 Å². The molecular weight excluding hydrogens is 273 g/mol. The number of rotatable bonds is 4. The van der Waals surface area contributed by atoms with Crippen molar-refractivity contribution in [1.82, 2.24) is 10.1 Å². The molecule has 0 radical (unpaired) electrons. The summed E-state index contributed by atoms with van der Waals surface area (Å²) in [5.74, 6) is -0.943. The maximum Gasteiger partial charge on any atom is 0.197 e. The van der Waals surface area contributed by atoms with Gasteiger partial charge < -0.3 is 4.55 Å². The molecule has 6 nitrogen and oxygen atoms in total. The maximum absolute atomic E-state index is 12.7. The molecule has 8 heteroatoms. The Morgan fingerprint density at radius 2 is 2.05 bits per heavy atom. The van der Waals surface area contributed by atoms with E-state index < -0.39 is 21.7 Å². The third-order valence-corrected chi connectivity index (χ3v) is 3.05. The molecule has 0 bridgehead atoms. The van der Waals surface area contributed by atoms with Gasteiger partial charge in [-0.1, -0.05) is 4.68 Å². The zero-order valence-electron chi connectivity index (χ0n) is 9.73. The molecule has 2 heterocycles. The Morgan fingerprint density at radius 1 is 1.26 bits per heavy atom. The molecule has 19 heavy (non-hydrogen) atoms. The Labute approximate surface area is 109 Å². The van der Waals surface area contributed by atoms with Crippen LogP contribution in [0.1, 0.15) is 0 Å². The van der Waals surface area contributed by atoms with Gasteiger partial charge in [-0.3, -0.25) is 4.98 Å². The van der Waals surface area contributed by atoms with Crippen molar-refractivity contribution < 1.29 is 22.0 Å². The number of nitrogens with zero attached hydrogens (tertiary/aromatic N) is 3. The number of halogens is 1. The van der Waals surface area contributed by atoms with Crippen LogP contribution in [-0.2, 0) is 16.7 Å². The van der Waals surface area contributed by atoms with E-state index in [1.807, 2.05) is 0 Å². The summed E-state index contributed by atoms with van der Waals surface area (Å²) >= 11 is 0. The molecule has 0 saturated heterocycles. The van der Waals surface area contributed by atoms with Gasteiger partial charge in [0.2, 0.25) is 0 Å². The second kappa shape index (κ2) is 5.37. The highest BCUT2D eigenvalue weighted by molar-refractivity contribution is 7.85. The molecule has 0 atom stereocenters. The van der Waals surface area contributed by atoms with Crippen LogP contribution in [0.25, 0.3) is 11.3 Å². The van der Waals surface area contributed by atoms with Gasteiger partial charge in [0.15, 0.2) is 12.7 Å². The predicted octanol–water partition coefficient (Wildman–Crippen LogP) is 0.115. The van der Waals surface area contributed by atoms with Gasteiger partial charge in [-0.25, -0.2) is 12.8 Å². The lowest BCUT2D eigenvalue weighted by Gasteiger charge is -2.02. The van der Waals surface area contributed by atoms with Crippen molar-refractivity contribution in [2.45, 2.75) is 6.54 Å². The lowest BCUT2D eigenvalue weighted by Crippen LogP contribution is -2.40. The van der Waals surface area contributed by atoms with Gasteiger partial charge >= 0.3 is 0 Å². The summed E-state index contributed by atoms with van der Waals surface area (Å²) < 4.78 is 45.5. The highest BCUT2D eigenvalue weighted by atomic mass is 32.2. The standard InChI is InChI=1S/C11H10FN3O3S/c12-10-1-2-11(13-8-10)9-3-4-15(14-7-9)5-6-19(16,17)18/h1-4,7-8H,5-6H2. The highest BCUT2D eigenvalue weighted by Crippen LogP contribution is 2.13. The van der Waals surface area contributed by atoms with Gasteiger partial charge in [-0.2, -0.15) is 0 Å². The molecule has 0 aliphatic rings. The topological polar surface area (TPSA) is 86.9 Å². The van der Waals surface area contributed by atoms with Gasteiger partial charge in [-0.05, 0) is 17.2 Å². The van der Waals surface area contributed by atoms with Crippen molar-refractivity contribution in [3.63, 3.8) is 0 Å². The van der Waals surface area contributed by atoms with Gasteiger partial charge in [0.05, 0.1) is 17.6 Å². The fourth-order valence-corrected chi connectivity index (χ4v) is 1.83. The molecule has 100 valence electrons. The van der Waals surface area contributed by atoms with Crippen molar-refractivity contribution in [1.29, 1.82) is 0 Å². The molecule has 2 aromatic heterocycles. The Hall–Kier alpha value is -1.93. The van der Waals surface area contributed by atoms with Crippen molar-refractivity contribution in [2.24, 2.45) is 0 Å². The van der Waals surface area contributed by atoms with Crippen LogP contribution in [-0.4, -0.2) is 28.8 Å². The maximum atomic E-state index is 12.7. The van der Waals surface area contributed by atoms with E-state index >= 15 is 0 Å². The largest absolute Gasteiger partial charge is 0.748 e. The zero-order chi connectivity index (χ0) is 13.9. The van der Waals surface area contributed by atoms with Crippen LogP contribution < -0.4 is 4.68 Å². The fraction of sp³-hybridized carbons (Fsp3) is 0.182. The molecule has 0 N–H and O–H groups in total. The lowest BCUT2D eigenvalue weighted by molar-refractivity contribution is -0.750. The van der Waals surface area contributed by atoms with Crippen LogP contribution >= 0.6 is 0 Å². The van der Waals surface area contributed by atoms with E-state index in [4.69, 9.17) is 0 Å². The van der Waals surface area contributed by atoms with E-state index in [1.165, 1.54) is 29.2 Å². The first-order valence-electron chi connectivity index (χ1n) is 5.35. The minimum Gasteiger partial charge on any atom is -0.748 e. The Balaban J connectivity index is 2.12. The number of pyridine rings is 1. The molecule has 0 saturated carbocycles. The summed E-state index contributed by atoms with van der Waals surface area (Å²) in [6, 6.07) is 4.46. The molecule has 2 aromatic rings. The van der Waals surface area contributed by atoms with E-state index in [0.717, 1.165) is 6.20 Å². The second-order valence-electron chi connectivity index (χ2n) is 3.80. The fourth-order valence-electron chi connectivity index (χ4n) is 1.42. The predicted molar refractivity (Wildman–Crippen MR) is 62.2 cm³/mol. The van der Waals surface area contributed by atoms with Crippen molar-refractivity contribution in [3.8, 4) is 11.3 Å². The number of hydrogen-bond donors (Lipinski definition) is 0. The Kier molecular flexibility index (Phi) is 3.82. The molecule has 0 aliphatic carbocycles. The zero-order valence-corrected chi connectivity index (χ0v) is 10.5. The molecule has 0 spiro atoms. The lowest BCUT2D eigenvalue weighted by atomic mass is 10.2. The summed E-state index contributed by atoms with van der Waals surface area (Å²) in [5.41, 5.74) is 1.22. The van der Waals surface area contributed by atoms with Crippen molar-refractivity contribution >= 4 is 10.1 Å². The first-order chi connectivity index (χ1) is 8.94. The monoisotopic (exact) mass is 283 g/mol. The van der Waals surface area contributed by atoms with Crippen LogP contribution in [0.5, 0.6) is 0 Å². The Bertz CT molecular complexity index is 657. The van der Waals surface area contributed by atoms with Crippen LogP contribution in [0.4, 0.5) is 4.39 Å². The van der Waals surface area contributed by atoms with Crippen molar-refractivity contribution in [3.05, 3.63) is 42.6 Å². The summed E-state index contributed by atoms with van der Waals surface area (Å²) in [6.07, 6.45) is 4.10. The van der Waals surface area contributed by atoms with Crippen LogP contribution in [0, 0.1) is 5.82 Å². The van der Waals surface area contributed by atoms with E-state index in [1.54, 1.807) is 6.07 Å². The summed E-state index contributed by atoms with van der Waals surface area (Å²) in [5, 5.41) is 3.96. The quantitative estimate of drug-likeness (QED) is 0.587. The minimum absolute atomic E-state index is 0.0110. The first kappa shape index (κ1) is 13.5. The van der Waals surface area contributed by atoms with Crippen LogP contribution in [0.2, 0.25) is 0 Å². The summed E-state index contributed by atoms with van der Waals surface area (Å²) in [4.78, 5) is 3.89. The average molecular weight is 283 g/mol. The molecule has 0 amide bonds. The average Bonchev–Trinajstić information content (AvgIpc) is 2.37. The first-order valence-corrected chi connectivity index (χ1v) is 6.93. The van der Waals surface area contributed by atoms with Gasteiger partial charge in [0, 0.05) is 11.6 Å². The van der Waals surface area contributed by atoms with Gasteiger partial charge in [0.1, 0.15) is 22.1 Å². The van der Waals surface area contributed by atoms with Gasteiger partial charge in [0.25, 0.3) is 0 Å². The third-order valence-electron chi connectivity index (χ3n) is 2.36. The molecule has 0 aromatic carbocycles. The van der Waals surface area contributed by atoms with Crippen LogP contribution in [0.15, 0.2) is 36.8 Å². The van der Waals surface area contributed by atoms with E-state index in [0.29, 0.717) is 11.3 Å². The normalized spacial score (nSPS) is 11.5. The Morgan fingerprint density at radius 3 is 2.58 bits per heavy atom. The molecule has 2 rings (SSSR count). The summed E-state index contributed by atoms with van der Waals surface area (Å²) in [7, 11) is -4.25. The molecular formula is C11H10FN3O3S. The minimum atomic E-state index is -4.25. The number of aryl methyl sites for hydroxylation is 1. The highest BCUT2D eigenvalue weighted by Gasteiger charge is 2.07. The van der Waals surface area contributed by atoms with E-state index in [2.05, 4.69) is 10.1 Å². The number of hydrogen-bond acceptors (Lipinski definition) is 5. The summed E-state index contributed by atoms with van der Waals surface area (Å²) in [6.45, 7) is -0.0110. The smallest absolute Gasteiger partial charge is 0.197 e. The SMILES string of the molecule is O=S(=O)([O-])CC[n+]1ccc(-c2ccc(F)cn2)cn1. The van der Waals surface area contributed by atoms with Crippen molar-refractivity contribution in [2.75, 3.05) is 5.75 Å². The molecule has 0 aliphatic heterocycles. The molecule has 0 unspecified atom stereocenters. The molecule has 0 fully saturated rings. The second-order valence-corrected chi connectivity index (χ2v) is 5.33.